The summed E-state index contributed by atoms with van der Waals surface area (Å²) in [6, 6.07) is 14.4. The number of alkyl halides is 3. The van der Waals surface area contributed by atoms with Crippen molar-refractivity contribution in [3.05, 3.63) is 77.9 Å². The van der Waals surface area contributed by atoms with Gasteiger partial charge in [-0.15, -0.1) is 0 Å². The number of nitrogens with zero attached hydrogens (tertiary/aromatic N) is 1. The van der Waals surface area contributed by atoms with Crippen molar-refractivity contribution in [2.45, 2.75) is 18.0 Å². The fourth-order valence-corrected chi connectivity index (χ4v) is 4.65. The predicted octanol–water partition coefficient (Wildman–Crippen LogP) is 4.87. The third-order valence-corrected chi connectivity index (χ3v) is 6.81. The minimum atomic E-state index is -4.60. The molecule has 0 aliphatic heterocycles. The molecule has 0 heterocycles. The zero-order chi connectivity index (χ0) is 25.8. The van der Waals surface area contributed by atoms with E-state index >= 15 is 0 Å². The molecule has 3 aromatic rings. The highest BCUT2D eigenvalue weighted by atomic mass is 32.2. The maximum Gasteiger partial charge on any atom is 0.416 e. The number of methoxy groups -OCH3 is 2. The van der Waals surface area contributed by atoms with Crippen LogP contribution in [-0.2, 0) is 21.0 Å². The van der Waals surface area contributed by atoms with E-state index in [0.29, 0.717) is 5.75 Å². The van der Waals surface area contributed by atoms with Gasteiger partial charge < -0.3 is 14.8 Å². The number of rotatable bonds is 8. The van der Waals surface area contributed by atoms with Crippen molar-refractivity contribution in [1.29, 1.82) is 0 Å². The van der Waals surface area contributed by atoms with E-state index in [1.807, 2.05) is 0 Å². The summed E-state index contributed by atoms with van der Waals surface area (Å²) >= 11 is 0. The van der Waals surface area contributed by atoms with Crippen molar-refractivity contribution in [2.75, 3.05) is 30.4 Å². The van der Waals surface area contributed by atoms with Crippen molar-refractivity contribution in [2.24, 2.45) is 0 Å². The number of nitrogens with one attached hydrogen (secondary N) is 1. The van der Waals surface area contributed by atoms with Crippen LogP contribution in [0.5, 0.6) is 11.5 Å². The highest BCUT2D eigenvalue weighted by Crippen LogP contribution is 2.34. The van der Waals surface area contributed by atoms with Gasteiger partial charge in [-0.1, -0.05) is 23.8 Å². The summed E-state index contributed by atoms with van der Waals surface area (Å²) in [4.78, 5) is 12.7. The minimum Gasteiger partial charge on any atom is -0.493 e. The molecule has 0 unspecified atom stereocenters. The topological polar surface area (TPSA) is 84.9 Å². The number of ether oxygens (including phenoxy) is 2. The van der Waals surface area contributed by atoms with Gasteiger partial charge in [0, 0.05) is 11.8 Å². The highest BCUT2D eigenvalue weighted by molar-refractivity contribution is 7.92. The minimum absolute atomic E-state index is 0.0650. The van der Waals surface area contributed by atoms with Gasteiger partial charge in [0.1, 0.15) is 6.54 Å². The van der Waals surface area contributed by atoms with Crippen LogP contribution in [0.2, 0.25) is 0 Å². The van der Waals surface area contributed by atoms with E-state index in [4.69, 9.17) is 9.47 Å². The number of sulfonamides is 1. The average Bonchev–Trinajstić information content (AvgIpc) is 2.82. The number of anilines is 2. The summed E-state index contributed by atoms with van der Waals surface area (Å²) < 4.78 is 77.3. The molecule has 1 amide bonds. The number of aryl methyl sites for hydroxylation is 1. The average molecular weight is 509 g/mol. The molecule has 0 saturated carbocycles. The van der Waals surface area contributed by atoms with Crippen LogP contribution in [0.1, 0.15) is 11.1 Å². The summed E-state index contributed by atoms with van der Waals surface area (Å²) in [5.41, 5.74) is -0.129. The molecule has 3 rings (SSSR count). The lowest BCUT2D eigenvalue weighted by Gasteiger charge is -2.25. The molecule has 0 atom stereocenters. The van der Waals surface area contributed by atoms with Gasteiger partial charge >= 0.3 is 6.18 Å². The molecular formula is C24H23F3N2O5S. The fourth-order valence-electron chi connectivity index (χ4n) is 3.24. The van der Waals surface area contributed by atoms with Gasteiger partial charge in [0.2, 0.25) is 5.91 Å². The maximum absolute atomic E-state index is 13.5. The van der Waals surface area contributed by atoms with Gasteiger partial charge in [-0.3, -0.25) is 9.10 Å². The predicted molar refractivity (Wildman–Crippen MR) is 125 cm³/mol. The maximum atomic E-state index is 13.5. The summed E-state index contributed by atoms with van der Waals surface area (Å²) in [5, 5.41) is 2.34. The van der Waals surface area contributed by atoms with E-state index in [1.54, 1.807) is 19.1 Å². The van der Waals surface area contributed by atoms with Crippen LogP contribution in [0.15, 0.2) is 71.6 Å². The molecule has 1 N–H and O–H groups in total. The van der Waals surface area contributed by atoms with Crippen molar-refractivity contribution < 1.29 is 35.9 Å². The Morgan fingerprint density at radius 3 is 2.20 bits per heavy atom. The van der Waals surface area contributed by atoms with E-state index < -0.39 is 34.2 Å². The van der Waals surface area contributed by atoms with Crippen molar-refractivity contribution in [3.8, 4) is 11.5 Å². The Hall–Kier alpha value is -3.73. The fraction of sp³-hybridized carbons (Fsp3) is 0.208. The first-order valence-electron chi connectivity index (χ1n) is 10.2. The Kier molecular flexibility index (Phi) is 7.59. The van der Waals surface area contributed by atoms with Crippen LogP contribution in [-0.4, -0.2) is 35.1 Å². The number of hydrogen-bond donors (Lipinski definition) is 1. The lowest BCUT2D eigenvalue weighted by Crippen LogP contribution is -2.38. The second-order valence-electron chi connectivity index (χ2n) is 7.49. The zero-order valence-electron chi connectivity index (χ0n) is 19.1. The lowest BCUT2D eigenvalue weighted by atomic mass is 10.2. The van der Waals surface area contributed by atoms with Gasteiger partial charge in [-0.25, -0.2) is 8.42 Å². The van der Waals surface area contributed by atoms with Crippen LogP contribution in [0.3, 0.4) is 0 Å². The first-order valence-corrected chi connectivity index (χ1v) is 11.7. The normalized spacial score (nSPS) is 11.6. The van der Waals surface area contributed by atoms with Crippen molar-refractivity contribution in [3.63, 3.8) is 0 Å². The number of carbonyl (C=O) groups excluding carboxylic acids is 1. The number of hydrogen-bond acceptors (Lipinski definition) is 5. The van der Waals surface area contributed by atoms with Gasteiger partial charge in [-0.2, -0.15) is 13.2 Å². The molecule has 0 saturated heterocycles. The summed E-state index contributed by atoms with van der Waals surface area (Å²) in [5.74, 6) is -0.264. The molecule has 0 radical (unpaired) electrons. The highest BCUT2D eigenvalue weighted by Gasteiger charge is 2.31. The zero-order valence-corrected chi connectivity index (χ0v) is 19.9. The summed E-state index contributed by atoms with van der Waals surface area (Å²) in [6.07, 6.45) is -4.60. The Balaban J connectivity index is 1.99. The number of carbonyl (C=O) groups is 1. The Morgan fingerprint density at radius 1 is 0.943 bits per heavy atom. The molecule has 0 aliphatic rings. The first kappa shape index (κ1) is 25.9. The first-order chi connectivity index (χ1) is 16.5. The van der Waals surface area contributed by atoms with E-state index in [0.717, 1.165) is 28.1 Å². The number of benzene rings is 3. The third-order valence-electron chi connectivity index (χ3n) is 5.02. The van der Waals surface area contributed by atoms with Gasteiger partial charge in [-0.05, 0) is 49.4 Å². The molecule has 7 nitrogen and oxygen atoms in total. The van der Waals surface area contributed by atoms with Gasteiger partial charge in [0.25, 0.3) is 10.0 Å². The Bertz CT molecular complexity index is 1310. The molecule has 0 aliphatic carbocycles. The second kappa shape index (κ2) is 10.3. The van der Waals surface area contributed by atoms with Crippen LogP contribution >= 0.6 is 0 Å². The SMILES string of the molecule is COc1ccc(N(CC(=O)Nc2cccc(C(F)(F)F)c2)S(=O)(=O)c2ccc(C)cc2)cc1OC. The van der Waals surface area contributed by atoms with E-state index in [9.17, 15) is 26.4 Å². The quantitative estimate of drug-likeness (QED) is 0.470. The second-order valence-corrected chi connectivity index (χ2v) is 9.35. The van der Waals surface area contributed by atoms with Crippen LogP contribution in [0, 0.1) is 6.92 Å². The molecule has 0 fully saturated rings. The molecule has 0 spiro atoms. The standard InChI is InChI=1S/C24H23F3N2O5S/c1-16-7-10-20(11-8-16)35(31,32)29(19-9-12-21(33-2)22(14-19)34-3)15-23(30)28-18-6-4-5-17(13-18)24(25,26)27/h4-14H,15H2,1-3H3,(H,28,30). The number of amides is 1. The molecule has 11 heteroatoms. The van der Waals surface area contributed by atoms with Gasteiger partial charge in [0.15, 0.2) is 11.5 Å². The van der Waals surface area contributed by atoms with Crippen LogP contribution in [0.4, 0.5) is 24.5 Å². The van der Waals surface area contributed by atoms with E-state index in [2.05, 4.69) is 5.32 Å². The smallest absolute Gasteiger partial charge is 0.416 e. The van der Waals surface area contributed by atoms with Crippen molar-refractivity contribution >= 4 is 27.3 Å². The molecular weight excluding hydrogens is 485 g/mol. The Morgan fingerprint density at radius 2 is 1.60 bits per heavy atom. The molecule has 35 heavy (non-hydrogen) atoms. The number of halogens is 3. The monoisotopic (exact) mass is 508 g/mol. The summed E-state index contributed by atoms with van der Waals surface area (Å²) in [6.45, 7) is 1.09. The molecule has 0 aromatic heterocycles. The van der Waals surface area contributed by atoms with Crippen molar-refractivity contribution in [1.82, 2.24) is 0 Å². The van der Waals surface area contributed by atoms with Crippen LogP contribution in [0.25, 0.3) is 0 Å². The lowest BCUT2D eigenvalue weighted by molar-refractivity contribution is -0.137. The van der Waals surface area contributed by atoms with Crippen LogP contribution < -0.4 is 19.1 Å². The van der Waals surface area contributed by atoms with E-state index in [1.165, 1.54) is 50.6 Å². The third kappa shape index (κ3) is 6.04. The van der Waals surface area contributed by atoms with E-state index in [-0.39, 0.29) is 22.0 Å². The Labute approximate surface area is 201 Å². The molecule has 0 bridgehead atoms. The molecule has 3 aromatic carbocycles. The van der Waals surface area contributed by atoms with Gasteiger partial charge in [0.05, 0.1) is 30.4 Å². The summed E-state index contributed by atoms with van der Waals surface area (Å²) in [7, 11) is -1.44. The largest absolute Gasteiger partial charge is 0.493 e. The molecule has 186 valence electrons.